The quantitative estimate of drug-likeness (QED) is 0.666. The smallest absolute Gasteiger partial charge is 0.123 e. The van der Waals surface area contributed by atoms with Gasteiger partial charge in [0.2, 0.25) is 0 Å². The number of halogens is 1. The van der Waals surface area contributed by atoms with E-state index in [-0.39, 0.29) is 5.82 Å². The third-order valence-electron chi connectivity index (χ3n) is 6.46. The summed E-state index contributed by atoms with van der Waals surface area (Å²) < 4.78 is 18.7. The lowest BCUT2D eigenvalue weighted by Gasteiger charge is -2.42. The number of benzene rings is 1. The summed E-state index contributed by atoms with van der Waals surface area (Å²) in [5.74, 6) is 2.17. The molecule has 0 aromatic heterocycles. The molecule has 3 rings (SSSR count). The van der Waals surface area contributed by atoms with Crippen molar-refractivity contribution in [2.24, 2.45) is 11.8 Å². The second-order valence-corrected chi connectivity index (χ2v) is 8.39. The molecule has 0 radical (unpaired) electrons. The zero-order valence-corrected chi connectivity index (χ0v) is 17.0. The van der Waals surface area contributed by atoms with Gasteiger partial charge in [-0.3, -0.25) is 0 Å². The van der Waals surface area contributed by atoms with Crippen LogP contribution in [0.25, 0.3) is 0 Å². The van der Waals surface area contributed by atoms with Gasteiger partial charge < -0.3 is 15.0 Å². The van der Waals surface area contributed by atoms with E-state index in [2.05, 4.69) is 17.1 Å². The first-order valence-corrected chi connectivity index (χ1v) is 11.1. The molecule has 152 valence electrons. The zero-order valence-electron chi connectivity index (χ0n) is 17.0. The second-order valence-electron chi connectivity index (χ2n) is 8.39. The summed E-state index contributed by atoms with van der Waals surface area (Å²) in [5, 5.41) is 3.62. The number of likely N-dealkylation sites (tertiary alicyclic amines) is 1. The molecular formula is C23H37FN2O. The predicted octanol–water partition coefficient (Wildman–Crippen LogP) is 4.87. The Labute approximate surface area is 164 Å². The largest absolute Gasteiger partial charge is 0.494 e. The van der Waals surface area contributed by atoms with E-state index in [1.165, 1.54) is 83.3 Å². The molecule has 0 amide bonds. The first kappa shape index (κ1) is 20.6. The Morgan fingerprint density at radius 2 is 1.96 bits per heavy atom. The van der Waals surface area contributed by atoms with Gasteiger partial charge in [-0.25, -0.2) is 4.39 Å². The summed E-state index contributed by atoms with van der Waals surface area (Å²) in [6, 6.07) is 7.13. The lowest BCUT2D eigenvalue weighted by Crippen LogP contribution is -2.49. The molecule has 4 heteroatoms. The maximum Gasteiger partial charge on any atom is 0.123 e. The summed E-state index contributed by atoms with van der Waals surface area (Å²) in [5.41, 5.74) is 0. The average molecular weight is 377 g/mol. The molecule has 2 heterocycles. The normalized spacial score (nSPS) is 23.3. The van der Waals surface area contributed by atoms with Gasteiger partial charge in [-0.2, -0.15) is 0 Å². The fourth-order valence-corrected chi connectivity index (χ4v) is 4.78. The maximum absolute atomic E-state index is 12.9. The molecule has 1 N–H and O–H groups in total. The average Bonchev–Trinajstić information content (AvgIpc) is 2.72. The number of hydrogen-bond donors (Lipinski definition) is 1. The molecule has 0 bridgehead atoms. The van der Waals surface area contributed by atoms with Crippen molar-refractivity contribution in [1.29, 1.82) is 0 Å². The van der Waals surface area contributed by atoms with Crippen molar-refractivity contribution in [1.82, 2.24) is 10.2 Å². The standard InChI is InChI=1S/C23H37FN2O/c1-2-3-6-23(20-5-4-14-25-18-20)26-15-11-19(12-16-26)13-17-27-22-9-7-21(24)8-10-22/h7-10,19-20,23,25H,2-6,11-18H2,1H3. The highest BCUT2D eigenvalue weighted by Gasteiger charge is 2.31. The first-order chi connectivity index (χ1) is 13.3. The van der Waals surface area contributed by atoms with Crippen LogP contribution in [-0.2, 0) is 0 Å². The van der Waals surface area contributed by atoms with Crippen molar-refractivity contribution in [3.8, 4) is 5.75 Å². The van der Waals surface area contributed by atoms with Crippen molar-refractivity contribution in [3.63, 3.8) is 0 Å². The SMILES string of the molecule is CCCCC(C1CCCNC1)N1CCC(CCOc2ccc(F)cc2)CC1. The summed E-state index contributed by atoms with van der Waals surface area (Å²) in [6.07, 6.45) is 10.4. The van der Waals surface area contributed by atoms with E-state index in [9.17, 15) is 4.39 Å². The monoisotopic (exact) mass is 376 g/mol. The van der Waals surface area contributed by atoms with Crippen LogP contribution in [0.2, 0.25) is 0 Å². The number of unbranched alkanes of at least 4 members (excludes halogenated alkanes) is 1. The molecule has 0 spiro atoms. The molecule has 1 aromatic rings. The molecule has 2 unspecified atom stereocenters. The van der Waals surface area contributed by atoms with Gasteiger partial charge in [0.25, 0.3) is 0 Å². The van der Waals surface area contributed by atoms with Gasteiger partial charge in [-0.05, 0) is 101 Å². The van der Waals surface area contributed by atoms with Gasteiger partial charge in [-0.15, -0.1) is 0 Å². The van der Waals surface area contributed by atoms with E-state index in [1.54, 1.807) is 12.1 Å². The molecule has 27 heavy (non-hydrogen) atoms. The van der Waals surface area contributed by atoms with E-state index in [0.29, 0.717) is 0 Å². The number of nitrogens with one attached hydrogen (secondary N) is 1. The molecule has 2 fully saturated rings. The van der Waals surface area contributed by atoms with Gasteiger partial charge in [0.15, 0.2) is 0 Å². The number of nitrogens with zero attached hydrogens (tertiary/aromatic N) is 1. The van der Waals surface area contributed by atoms with E-state index in [0.717, 1.165) is 36.7 Å². The van der Waals surface area contributed by atoms with Crippen LogP contribution in [0.4, 0.5) is 4.39 Å². The minimum absolute atomic E-state index is 0.208. The second kappa shape index (κ2) is 11.0. The number of rotatable bonds is 9. The Morgan fingerprint density at radius 3 is 2.63 bits per heavy atom. The summed E-state index contributed by atoms with van der Waals surface area (Å²) in [7, 11) is 0. The van der Waals surface area contributed by atoms with Crippen LogP contribution in [-0.4, -0.2) is 43.7 Å². The van der Waals surface area contributed by atoms with Crippen LogP contribution in [0.15, 0.2) is 24.3 Å². The van der Waals surface area contributed by atoms with Gasteiger partial charge in [-0.1, -0.05) is 19.8 Å². The third-order valence-corrected chi connectivity index (χ3v) is 6.46. The van der Waals surface area contributed by atoms with Crippen molar-refractivity contribution >= 4 is 0 Å². The van der Waals surface area contributed by atoms with Crippen molar-refractivity contribution in [3.05, 3.63) is 30.1 Å². The first-order valence-electron chi connectivity index (χ1n) is 11.1. The molecule has 2 aliphatic rings. The Balaban J connectivity index is 1.41. The van der Waals surface area contributed by atoms with Crippen LogP contribution >= 0.6 is 0 Å². The van der Waals surface area contributed by atoms with Crippen molar-refractivity contribution in [2.45, 2.75) is 64.3 Å². The molecule has 1 aromatic carbocycles. The minimum Gasteiger partial charge on any atom is -0.494 e. The van der Waals surface area contributed by atoms with Gasteiger partial charge in [0, 0.05) is 6.04 Å². The maximum atomic E-state index is 12.9. The van der Waals surface area contributed by atoms with Gasteiger partial charge in [0.1, 0.15) is 11.6 Å². The molecule has 0 aliphatic carbocycles. The molecule has 2 saturated heterocycles. The van der Waals surface area contributed by atoms with Crippen LogP contribution in [0.3, 0.4) is 0 Å². The lowest BCUT2D eigenvalue weighted by atomic mass is 9.85. The van der Waals surface area contributed by atoms with Gasteiger partial charge in [0.05, 0.1) is 6.61 Å². The molecule has 2 aliphatic heterocycles. The van der Waals surface area contributed by atoms with E-state index < -0.39 is 0 Å². The fourth-order valence-electron chi connectivity index (χ4n) is 4.78. The highest BCUT2D eigenvalue weighted by molar-refractivity contribution is 5.21. The van der Waals surface area contributed by atoms with Crippen molar-refractivity contribution in [2.75, 3.05) is 32.8 Å². The van der Waals surface area contributed by atoms with E-state index >= 15 is 0 Å². The molecule has 0 saturated carbocycles. The Bertz CT molecular complexity index is 522. The van der Waals surface area contributed by atoms with E-state index in [1.807, 2.05) is 0 Å². The Kier molecular flexibility index (Phi) is 8.40. The summed E-state index contributed by atoms with van der Waals surface area (Å²) in [4.78, 5) is 2.80. The van der Waals surface area contributed by atoms with E-state index in [4.69, 9.17) is 4.74 Å². The van der Waals surface area contributed by atoms with Crippen LogP contribution in [0.5, 0.6) is 5.75 Å². The Morgan fingerprint density at radius 1 is 1.19 bits per heavy atom. The van der Waals surface area contributed by atoms with Crippen LogP contribution in [0, 0.1) is 17.7 Å². The number of piperidine rings is 2. The number of hydrogen-bond acceptors (Lipinski definition) is 3. The topological polar surface area (TPSA) is 24.5 Å². The molecular weight excluding hydrogens is 339 g/mol. The highest BCUT2D eigenvalue weighted by Crippen LogP contribution is 2.29. The fraction of sp³-hybridized carbons (Fsp3) is 0.739. The molecule has 3 nitrogen and oxygen atoms in total. The van der Waals surface area contributed by atoms with Gasteiger partial charge >= 0.3 is 0 Å². The molecule has 2 atom stereocenters. The minimum atomic E-state index is -0.208. The Hall–Kier alpha value is -1.13. The van der Waals surface area contributed by atoms with Crippen LogP contribution in [0.1, 0.15) is 58.3 Å². The van der Waals surface area contributed by atoms with Crippen molar-refractivity contribution < 1.29 is 9.13 Å². The highest BCUT2D eigenvalue weighted by atomic mass is 19.1. The zero-order chi connectivity index (χ0) is 18.9. The lowest BCUT2D eigenvalue weighted by molar-refractivity contribution is 0.0716. The third kappa shape index (κ3) is 6.46. The summed E-state index contributed by atoms with van der Waals surface area (Å²) >= 11 is 0. The number of ether oxygens (including phenoxy) is 1. The summed E-state index contributed by atoms with van der Waals surface area (Å²) in [6.45, 7) is 7.94. The predicted molar refractivity (Wildman–Crippen MR) is 110 cm³/mol. The van der Waals surface area contributed by atoms with Crippen LogP contribution < -0.4 is 10.1 Å².